The molecule has 0 radical (unpaired) electrons. The predicted octanol–water partition coefficient (Wildman–Crippen LogP) is 3.18. The van der Waals surface area contributed by atoms with E-state index in [9.17, 15) is 9.90 Å². The van der Waals surface area contributed by atoms with Crippen molar-refractivity contribution in [2.75, 3.05) is 6.54 Å². The Labute approximate surface area is 127 Å². The monoisotopic (exact) mass is 324 g/mol. The number of amides is 1. The molecule has 0 aliphatic carbocycles. The number of pyridine rings is 1. The molecule has 0 aliphatic heterocycles. The van der Waals surface area contributed by atoms with Gasteiger partial charge in [-0.05, 0) is 12.3 Å². The van der Waals surface area contributed by atoms with Crippen molar-refractivity contribution in [1.82, 2.24) is 10.3 Å². The number of hydrogen-bond acceptors (Lipinski definition) is 3. The zero-order valence-corrected chi connectivity index (χ0v) is 12.9. The fourth-order valence-electron chi connectivity index (χ4n) is 1.52. The lowest BCUT2D eigenvalue weighted by atomic mass is 10.1. The van der Waals surface area contributed by atoms with Crippen molar-refractivity contribution >= 4 is 40.7 Å². The van der Waals surface area contributed by atoms with Gasteiger partial charge in [0.05, 0.1) is 21.2 Å². The number of nitrogens with one attached hydrogen (secondary N) is 1. The van der Waals surface area contributed by atoms with Crippen LogP contribution in [0, 0.1) is 5.92 Å². The zero-order chi connectivity index (χ0) is 14.6. The van der Waals surface area contributed by atoms with E-state index in [2.05, 4.69) is 10.3 Å². The fraction of sp³-hybridized carbons (Fsp3) is 0.500. The summed E-state index contributed by atoms with van der Waals surface area (Å²) in [5.74, 6) is -0.148. The summed E-state index contributed by atoms with van der Waals surface area (Å²) in [6.07, 6.45) is 1.25. The number of rotatable bonds is 5. The maximum Gasteiger partial charge on any atom is 0.271 e. The molecule has 1 aromatic heterocycles. The second-order valence-electron chi connectivity index (χ2n) is 4.58. The van der Waals surface area contributed by atoms with Crippen LogP contribution < -0.4 is 5.32 Å². The van der Waals surface area contributed by atoms with Crippen LogP contribution in [0.4, 0.5) is 0 Å². The molecule has 1 rings (SSSR count). The molecular formula is C12H15Cl3N2O2. The molecule has 4 nitrogen and oxygen atoms in total. The van der Waals surface area contributed by atoms with Crippen LogP contribution in [0.1, 0.15) is 30.8 Å². The normalized spacial score (nSPS) is 12.6. The molecular weight excluding hydrogens is 311 g/mol. The number of carbonyl (C=O) groups excluding carboxylic acids is 1. The van der Waals surface area contributed by atoms with Gasteiger partial charge in [-0.25, -0.2) is 4.98 Å². The van der Waals surface area contributed by atoms with Gasteiger partial charge in [0.15, 0.2) is 0 Å². The van der Waals surface area contributed by atoms with Gasteiger partial charge in [0.2, 0.25) is 0 Å². The third-order valence-corrected chi connectivity index (χ3v) is 3.61. The lowest BCUT2D eigenvalue weighted by Crippen LogP contribution is -2.33. The molecule has 0 saturated heterocycles. The average Bonchev–Trinajstić information content (AvgIpc) is 2.32. The minimum absolute atomic E-state index is 0.00464. The van der Waals surface area contributed by atoms with E-state index in [0.717, 1.165) is 0 Å². The Bertz CT molecular complexity index is 467. The maximum absolute atomic E-state index is 11.8. The van der Waals surface area contributed by atoms with E-state index in [1.165, 1.54) is 6.20 Å². The van der Waals surface area contributed by atoms with Crippen molar-refractivity contribution in [3.05, 3.63) is 27.0 Å². The molecule has 0 bridgehead atoms. The minimum Gasteiger partial charge on any atom is -0.391 e. The molecule has 1 unspecified atom stereocenters. The lowest BCUT2D eigenvalue weighted by molar-refractivity contribution is 0.0895. The average molecular weight is 326 g/mol. The van der Waals surface area contributed by atoms with Crippen LogP contribution >= 0.6 is 34.8 Å². The summed E-state index contributed by atoms with van der Waals surface area (Å²) in [7, 11) is 0. The number of halogens is 3. The van der Waals surface area contributed by atoms with Crippen LogP contribution in [0.15, 0.2) is 6.20 Å². The topological polar surface area (TPSA) is 62.2 Å². The van der Waals surface area contributed by atoms with Crippen LogP contribution in [0.25, 0.3) is 0 Å². The van der Waals surface area contributed by atoms with Crippen LogP contribution in [-0.2, 0) is 0 Å². The van der Waals surface area contributed by atoms with Gasteiger partial charge in [-0.1, -0.05) is 48.7 Å². The second kappa shape index (κ2) is 7.29. The molecule has 19 heavy (non-hydrogen) atoms. The third kappa shape index (κ3) is 4.80. The highest BCUT2D eigenvalue weighted by molar-refractivity contribution is 6.48. The van der Waals surface area contributed by atoms with E-state index in [4.69, 9.17) is 34.8 Å². The van der Waals surface area contributed by atoms with E-state index < -0.39 is 12.0 Å². The van der Waals surface area contributed by atoms with Crippen molar-refractivity contribution in [2.45, 2.75) is 26.4 Å². The summed E-state index contributed by atoms with van der Waals surface area (Å²) in [5, 5.41) is 12.5. The first-order chi connectivity index (χ1) is 8.82. The van der Waals surface area contributed by atoms with Crippen LogP contribution in [0.3, 0.4) is 0 Å². The molecule has 0 fully saturated rings. The highest BCUT2D eigenvalue weighted by Crippen LogP contribution is 2.30. The molecule has 1 atom stereocenters. The highest BCUT2D eigenvalue weighted by Gasteiger charge is 2.17. The number of carbonyl (C=O) groups is 1. The van der Waals surface area contributed by atoms with E-state index in [1.54, 1.807) is 0 Å². The van der Waals surface area contributed by atoms with Gasteiger partial charge in [0.25, 0.3) is 5.91 Å². The quantitative estimate of drug-likeness (QED) is 0.874. The zero-order valence-electron chi connectivity index (χ0n) is 10.6. The van der Waals surface area contributed by atoms with Crippen molar-refractivity contribution in [3.8, 4) is 0 Å². The maximum atomic E-state index is 11.8. The van der Waals surface area contributed by atoms with Crippen LogP contribution in [-0.4, -0.2) is 28.6 Å². The van der Waals surface area contributed by atoms with Gasteiger partial charge >= 0.3 is 0 Å². The van der Waals surface area contributed by atoms with Gasteiger partial charge < -0.3 is 10.4 Å². The first-order valence-corrected chi connectivity index (χ1v) is 6.92. The van der Waals surface area contributed by atoms with E-state index in [1.807, 2.05) is 13.8 Å². The van der Waals surface area contributed by atoms with Crippen LogP contribution in [0.5, 0.6) is 0 Å². The van der Waals surface area contributed by atoms with Gasteiger partial charge in [0, 0.05) is 12.7 Å². The van der Waals surface area contributed by atoms with Gasteiger partial charge in [-0.3, -0.25) is 4.79 Å². The molecule has 1 heterocycles. The van der Waals surface area contributed by atoms with Gasteiger partial charge in [0.1, 0.15) is 5.69 Å². The molecule has 2 N–H and O–H groups in total. The Kier molecular flexibility index (Phi) is 6.33. The molecule has 1 aromatic rings. The Morgan fingerprint density at radius 2 is 2.00 bits per heavy atom. The van der Waals surface area contributed by atoms with Crippen molar-refractivity contribution in [2.24, 2.45) is 5.92 Å². The highest BCUT2D eigenvalue weighted by atomic mass is 35.5. The number of aliphatic hydroxyl groups excluding tert-OH is 1. The Balaban J connectivity index is 2.67. The summed E-state index contributed by atoms with van der Waals surface area (Å²) in [4.78, 5) is 15.7. The van der Waals surface area contributed by atoms with Crippen molar-refractivity contribution in [3.63, 3.8) is 0 Å². The standard InChI is InChI=1S/C12H15Cl3N2O2/c1-6(2)3-7(18)4-17-12(19)11-10(15)9(14)8(13)5-16-11/h5-7,18H,3-4H2,1-2H3,(H,17,19). The smallest absolute Gasteiger partial charge is 0.271 e. The Morgan fingerprint density at radius 1 is 1.37 bits per heavy atom. The molecule has 0 spiro atoms. The fourth-order valence-corrected chi connectivity index (χ4v) is 2.09. The SMILES string of the molecule is CC(C)CC(O)CNC(=O)c1ncc(Cl)c(Cl)c1Cl. The molecule has 0 saturated carbocycles. The number of aliphatic hydroxyl groups is 1. The molecule has 0 aliphatic rings. The van der Waals surface area contributed by atoms with E-state index in [-0.39, 0.29) is 27.3 Å². The van der Waals surface area contributed by atoms with Gasteiger partial charge in [-0.2, -0.15) is 0 Å². The molecule has 0 aromatic carbocycles. The van der Waals surface area contributed by atoms with E-state index >= 15 is 0 Å². The summed E-state index contributed by atoms with van der Waals surface area (Å²) in [6.45, 7) is 4.11. The number of nitrogens with zero attached hydrogens (tertiary/aromatic N) is 1. The first kappa shape index (κ1) is 16.5. The Morgan fingerprint density at radius 3 is 2.58 bits per heavy atom. The molecule has 7 heteroatoms. The Hall–Kier alpha value is -0.550. The number of aromatic nitrogens is 1. The second-order valence-corrected chi connectivity index (χ2v) is 5.74. The molecule has 106 valence electrons. The largest absolute Gasteiger partial charge is 0.391 e. The third-order valence-electron chi connectivity index (χ3n) is 2.37. The molecule has 1 amide bonds. The van der Waals surface area contributed by atoms with Crippen molar-refractivity contribution < 1.29 is 9.90 Å². The predicted molar refractivity (Wildman–Crippen MR) is 77.1 cm³/mol. The van der Waals surface area contributed by atoms with Gasteiger partial charge in [-0.15, -0.1) is 0 Å². The summed E-state index contributed by atoms with van der Waals surface area (Å²) in [5.41, 5.74) is -0.00665. The van der Waals surface area contributed by atoms with E-state index in [0.29, 0.717) is 12.3 Å². The summed E-state index contributed by atoms with van der Waals surface area (Å²) >= 11 is 17.4. The minimum atomic E-state index is -0.606. The summed E-state index contributed by atoms with van der Waals surface area (Å²) < 4.78 is 0. The lowest BCUT2D eigenvalue weighted by Gasteiger charge is -2.14. The summed E-state index contributed by atoms with van der Waals surface area (Å²) in [6, 6.07) is 0. The van der Waals surface area contributed by atoms with Crippen LogP contribution in [0.2, 0.25) is 15.1 Å². The van der Waals surface area contributed by atoms with Crippen molar-refractivity contribution in [1.29, 1.82) is 0 Å². The number of hydrogen-bond donors (Lipinski definition) is 2. The first-order valence-electron chi connectivity index (χ1n) is 5.78.